The zero-order valence-electron chi connectivity index (χ0n) is 30.3. The first kappa shape index (κ1) is 54.7. The van der Waals surface area contributed by atoms with Crippen LogP contribution in [0.15, 0.2) is 110 Å². The van der Waals surface area contributed by atoms with E-state index in [1.165, 1.54) is 0 Å². The van der Waals surface area contributed by atoms with Crippen LogP contribution in [0.3, 0.4) is 0 Å². The Labute approximate surface area is 356 Å². The molecule has 4 nitrogen and oxygen atoms in total. The number of pyridine rings is 4. The van der Waals surface area contributed by atoms with Crippen LogP contribution < -0.4 is 0 Å². The first-order chi connectivity index (χ1) is 28.4. The normalized spacial score (nSPS) is 13.0. The fourth-order valence-electron chi connectivity index (χ4n) is 4.26. The minimum absolute atomic E-state index is 0. The van der Waals surface area contributed by atoms with Gasteiger partial charge in [0.2, 0.25) is 0 Å². The van der Waals surface area contributed by atoms with Crippen molar-refractivity contribution in [2.45, 2.75) is 24.7 Å². The number of nitrogens with zero attached hydrogens (tertiary/aromatic N) is 4. The number of halogens is 22. The van der Waals surface area contributed by atoms with Crippen molar-refractivity contribution < 1.29 is 116 Å². The molecule has 6 aromatic rings. The van der Waals surface area contributed by atoms with Gasteiger partial charge in [-0.1, -0.05) is 0 Å². The molecule has 0 aliphatic rings. The topological polar surface area (TPSA) is 51.6 Å². The van der Waals surface area contributed by atoms with Crippen LogP contribution in [0.4, 0.5) is 95.4 Å². The van der Waals surface area contributed by atoms with Crippen LogP contribution in [-0.4, -0.2) is 19.9 Å². The van der Waals surface area contributed by atoms with Crippen molar-refractivity contribution in [2.24, 2.45) is 0 Å². The average molecular weight is 1150 g/mol. The van der Waals surface area contributed by atoms with Crippen LogP contribution in [0.2, 0.25) is 0 Å². The average Bonchev–Trinajstić information content (AvgIpc) is 3.13. The Bertz CT molecular complexity index is 2280. The minimum Gasteiger partial charge on any atom is -0.256 e. The van der Waals surface area contributed by atoms with E-state index in [0.29, 0.717) is 36.9 Å². The maximum atomic E-state index is 13.4. The summed E-state index contributed by atoms with van der Waals surface area (Å²) in [5, 5.41) is 0. The molecular weight excluding hydrogens is 1130 g/mol. The molecule has 6 rings (SSSR count). The number of rotatable bonds is 3. The minimum atomic E-state index is -10.7. The molecule has 351 valence electrons. The quantitative estimate of drug-likeness (QED) is 0.131. The summed E-state index contributed by atoms with van der Waals surface area (Å²) in [6.07, 6.45) is -15.6. The Hall–Kier alpha value is -5.42. The van der Waals surface area contributed by atoms with Gasteiger partial charge in [0, 0.05) is 68.2 Å². The maximum absolute atomic E-state index is 13.4. The summed E-state index contributed by atoms with van der Waals surface area (Å²) in [7, 11) is -10.7. The second kappa shape index (κ2) is 19.4. The number of hydrogen-bond donors (Lipinski definition) is 0. The third-order valence-corrected chi connectivity index (χ3v) is 7.04. The van der Waals surface area contributed by atoms with Crippen LogP contribution in [0.1, 0.15) is 22.3 Å². The van der Waals surface area contributed by atoms with Gasteiger partial charge in [0.05, 0.1) is 45.0 Å². The molecule has 0 aliphatic carbocycles. The van der Waals surface area contributed by atoms with Crippen molar-refractivity contribution in [3.8, 4) is 33.9 Å². The molecule has 0 spiro atoms. The first-order valence-electron chi connectivity index (χ1n) is 16.0. The summed E-state index contributed by atoms with van der Waals surface area (Å²) in [4.78, 5) is 14.1. The van der Waals surface area contributed by atoms with Gasteiger partial charge in [-0.3, -0.25) is 19.9 Å². The van der Waals surface area contributed by atoms with Crippen molar-refractivity contribution in [1.82, 2.24) is 19.9 Å². The van der Waals surface area contributed by atoms with Crippen molar-refractivity contribution in [1.29, 1.82) is 0 Å². The van der Waals surface area contributed by atoms with Gasteiger partial charge in [-0.15, -0.1) is 0 Å². The molecule has 0 saturated heterocycles. The summed E-state index contributed by atoms with van der Waals surface area (Å²) in [5.74, 6) is -3.27. The molecule has 0 unspecified atom stereocenters. The summed E-state index contributed by atoms with van der Waals surface area (Å²) >= 11 is 0. The van der Waals surface area contributed by atoms with Gasteiger partial charge in [0.25, 0.3) is 0 Å². The first-order valence-corrected chi connectivity index (χ1v) is 18.0. The van der Waals surface area contributed by atoms with Crippen LogP contribution in [0, 0.1) is 23.3 Å². The van der Waals surface area contributed by atoms with Crippen LogP contribution in [0.5, 0.6) is 0 Å². The van der Waals surface area contributed by atoms with E-state index in [2.05, 4.69) is 19.9 Å². The Morgan fingerprint density at radius 3 is 0.719 bits per heavy atom. The summed E-state index contributed by atoms with van der Waals surface area (Å²) in [6.45, 7) is 0. The molecule has 2 aromatic carbocycles. The molecular formula is C36H18F22IrN4P-. The van der Waals surface area contributed by atoms with Gasteiger partial charge in [-0.05, 0) is 72.8 Å². The largest absolute Gasteiger partial charge is 0.417 e. The van der Waals surface area contributed by atoms with E-state index in [0.717, 1.165) is 72.8 Å². The Morgan fingerprint density at radius 2 is 0.547 bits per heavy atom. The molecule has 0 atom stereocenters. The van der Waals surface area contributed by atoms with E-state index < -0.39 is 78.0 Å². The van der Waals surface area contributed by atoms with Gasteiger partial charge >= 0.3 is 57.7 Å². The van der Waals surface area contributed by atoms with Crippen molar-refractivity contribution in [3.63, 3.8) is 0 Å². The fourth-order valence-corrected chi connectivity index (χ4v) is 4.26. The molecule has 64 heavy (non-hydrogen) atoms. The Morgan fingerprint density at radius 1 is 0.328 bits per heavy atom. The van der Waals surface area contributed by atoms with Crippen molar-refractivity contribution in [3.05, 3.63) is 155 Å². The smallest absolute Gasteiger partial charge is 0.256 e. The predicted octanol–water partition coefficient (Wildman–Crippen LogP) is 15.7. The molecule has 0 fully saturated rings. The third-order valence-electron chi connectivity index (χ3n) is 7.04. The zero-order chi connectivity index (χ0) is 48.0. The summed E-state index contributed by atoms with van der Waals surface area (Å²) < 4.78 is 259. The van der Waals surface area contributed by atoms with Gasteiger partial charge in [0.1, 0.15) is 23.3 Å². The monoisotopic (exact) mass is 1150 g/mol. The second-order valence-electron chi connectivity index (χ2n) is 11.9. The molecule has 28 heteroatoms. The third kappa shape index (κ3) is 18.7. The summed E-state index contributed by atoms with van der Waals surface area (Å²) in [5.41, 5.74) is -3.67. The maximum Gasteiger partial charge on any atom is 0.417 e. The van der Waals surface area contributed by atoms with Crippen molar-refractivity contribution in [2.75, 3.05) is 0 Å². The van der Waals surface area contributed by atoms with E-state index >= 15 is 0 Å². The van der Waals surface area contributed by atoms with E-state index in [-0.39, 0.29) is 54.0 Å². The molecule has 0 bridgehead atoms. The number of aromatic nitrogens is 4. The Kier molecular flexibility index (Phi) is 16.5. The van der Waals surface area contributed by atoms with E-state index in [1.807, 2.05) is 0 Å². The van der Waals surface area contributed by atoms with Crippen LogP contribution >= 0.6 is 7.81 Å². The van der Waals surface area contributed by atoms with Gasteiger partial charge in [-0.25, -0.2) is 17.6 Å². The van der Waals surface area contributed by atoms with E-state index in [1.54, 1.807) is 0 Å². The second-order valence-corrected chi connectivity index (χ2v) is 13.8. The van der Waals surface area contributed by atoms with E-state index in [9.17, 15) is 95.4 Å². The summed E-state index contributed by atoms with van der Waals surface area (Å²) in [6, 6.07) is 12.9. The molecule has 4 aromatic heterocycles. The van der Waals surface area contributed by atoms with Crippen LogP contribution in [0.25, 0.3) is 33.9 Å². The van der Waals surface area contributed by atoms with E-state index in [4.69, 9.17) is 0 Å². The van der Waals surface area contributed by atoms with Gasteiger partial charge in [0.15, 0.2) is 0 Å². The molecule has 0 amide bonds. The number of hydrogen-bond acceptors (Lipinski definition) is 4. The van der Waals surface area contributed by atoms with Gasteiger partial charge < -0.3 is 0 Å². The van der Waals surface area contributed by atoms with Crippen LogP contribution in [-0.2, 0) is 44.8 Å². The number of alkyl halides is 12. The SMILES string of the molecule is FC(F)(F)c1ccc(-c2ccc(C(F)(F)F)cn2)nc1.F[P-](F)(F)(F)(F)F.Fc1ccc(-c2ccc(C(F)(F)F)cn2)c(F)c1.Fc1ccc(-c2ccc(C(F)(F)F)cn2)c(F)c1.[Ir]. The van der Waals surface area contributed by atoms with Gasteiger partial charge in [-0.2, -0.15) is 52.7 Å². The Balaban J connectivity index is 0.000000305. The number of benzene rings is 2. The zero-order valence-corrected chi connectivity index (χ0v) is 33.6. The molecule has 4 heterocycles. The molecule has 1 radical (unpaired) electrons. The molecule has 0 aliphatic heterocycles. The fraction of sp³-hybridized carbons (Fsp3) is 0.111. The van der Waals surface area contributed by atoms with Crippen molar-refractivity contribution >= 4 is 7.81 Å². The standard InChI is InChI=1S/C12H6F6N2.2C12H6F5N.F6P.Ir/c13-11(14,15)7-1-3-9(19-5-7)10-4-2-8(6-20-10)12(16,17)18;2*13-8-2-3-9(10(14)5-8)11-4-1-7(6-18-11)12(15,16)17;1-7(2,3,4,5)6;/h1-6H;2*1-6H;;/q;;;-1;. The molecule has 0 saturated carbocycles. The molecule has 0 N–H and O–H groups in total. The predicted molar refractivity (Wildman–Crippen MR) is 180 cm³/mol.